The smallest absolute Gasteiger partial charge is 0.230 e. The van der Waals surface area contributed by atoms with Gasteiger partial charge in [0.05, 0.1) is 18.5 Å². The van der Waals surface area contributed by atoms with Crippen LogP contribution in [-0.2, 0) is 22.4 Å². The number of carbonyl (C=O) groups excluding carboxylic acids is 2. The van der Waals surface area contributed by atoms with Crippen LogP contribution in [0.1, 0.15) is 43.4 Å². The summed E-state index contributed by atoms with van der Waals surface area (Å²) in [6, 6.07) is 9.59. The van der Waals surface area contributed by atoms with Gasteiger partial charge >= 0.3 is 0 Å². The second kappa shape index (κ2) is 9.48. The molecule has 1 aliphatic rings. The average Bonchev–Trinajstić information content (AvgIpc) is 3.08. The summed E-state index contributed by atoms with van der Waals surface area (Å²) in [6.07, 6.45) is 6.89. The fourth-order valence-electron chi connectivity index (χ4n) is 3.27. The van der Waals surface area contributed by atoms with Gasteiger partial charge < -0.3 is 10.6 Å². The topological polar surface area (TPSA) is 71.1 Å². The molecule has 5 nitrogen and oxygen atoms in total. The summed E-state index contributed by atoms with van der Waals surface area (Å²) in [5, 5.41) is 8.20. The highest BCUT2D eigenvalue weighted by molar-refractivity contribution is 7.13. The Hall–Kier alpha value is -2.21. The van der Waals surface area contributed by atoms with Gasteiger partial charge in [-0.2, -0.15) is 0 Å². The normalized spacial score (nSPS) is 14.8. The van der Waals surface area contributed by atoms with Gasteiger partial charge in [-0.25, -0.2) is 4.98 Å². The standard InChI is InChI=1S/C20H25N3O2S/c24-18(21-13-16-9-5-2-6-10-16)12-17-14-26-20(22-17)23-19(25)11-15-7-3-1-4-8-15/h1,3-4,7-8,14,16H,2,5-6,9-13H2,(H,21,24)(H,22,23,25). The largest absolute Gasteiger partial charge is 0.355 e. The Morgan fingerprint density at radius 1 is 1.04 bits per heavy atom. The predicted octanol–water partition coefficient (Wildman–Crippen LogP) is 3.56. The van der Waals surface area contributed by atoms with Crippen molar-refractivity contribution in [3.63, 3.8) is 0 Å². The van der Waals surface area contributed by atoms with Gasteiger partial charge in [0.25, 0.3) is 0 Å². The Balaban J connectivity index is 1.42. The summed E-state index contributed by atoms with van der Waals surface area (Å²) < 4.78 is 0. The molecular formula is C20H25N3O2S. The van der Waals surface area contributed by atoms with Gasteiger partial charge in [0.1, 0.15) is 0 Å². The molecule has 3 rings (SSSR count). The Bertz CT molecular complexity index is 724. The lowest BCUT2D eigenvalue weighted by atomic mass is 9.89. The molecule has 2 N–H and O–H groups in total. The second-order valence-electron chi connectivity index (χ2n) is 6.84. The van der Waals surface area contributed by atoms with Crippen molar-refractivity contribution in [2.24, 2.45) is 5.92 Å². The lowest BCUT2D eigenvalue weighted by Gasteiger charge is -2.21. The number of hydrogen-bond donors (Lipinski definition) is 2. The third-order valence-corrected chi connectivity index (χ3v) is 5.47. The maximum atomic E-state index is 12.1. The molecule has 0 atom stereocenters. The molecule has 138 valence electrons. The van der Waals surface area contributed by atoms with Crippen molar-refractivity contribution < 1.29 is 9.59 Å². The van der Waals surface area contributed by atoms with E-state index in [4.69, 9.17) is 0 Å². The van der Waals surface area contributed by atoms with E-state index in [2.05, 4.69) is 15.6 Å². The summed E-state index contributed by atoms with van der Waals surface area (Å²) in [7, 11) is 0. The first kappa shape index (κ1) is 18.6. The minimum absolute atomic E-state index is 0.00281. The van der Waals surface area contributed by atoms with Crippen LogP contribution < -0.4 is 10.6 Å². The Kier molecular flexibility index (Phi) is 6.77. The zero-order valence-corrected chi connectivity index (χ0v) is 15.7. The molecule has 0 spiro atoms. The fourth-order valence-corrected chi connectivity index (χ4v) is 3.99. The molecule has 0 radical (unpaired) electrons. The van der Waals surface area contributed by atoms with Crippen LogP contribution in [0.4, 0.5) is 5.13 Å². The molecule has 1 fully saturated rings. The second-order valence-corrected chi connectivity index (χ2v) is 7.70. The number of nitrogens with zero attached hydrogens (tertiary/aromatic N) is 1. The van der Waals surface area contributed by atoms with E-state index in [0.717, 1.165) is 12.1 Å². The summed E-state index contributed by atoms with van der Waals surface area (Å²) in [6.45, 7) is 0.767. The van der Waals surface area contributed by atoms with Crippen molar-refractivity contribution in [3.8, 4) is 0 Å². The van der Waals surface area contributed by atoms with Crippen LogP contribution in [0.5, 0.6) is 0 Å². The Labute approximate surface area is 158 Å². The van der Waals surface area contributed by atoms with E-state index in [1.807, 2.05) is 35.7 Å². The van der Waals surface area contributed by atoms with Crippen molar-refractivity contribution >= 4 is 28.3 Å². The van der Waals surface area contributed by atoms with Crippen LogP contribution in [0.3, 0.4) is 0 Å². The number of aromatic nitrogens is 1. The molecule has 26 heavy (non-hydrogen) atoms. The highest BCUT2D eigenvalue weighted by Crippen LogP contribution is 2.22. The molecule has 2 aromatic rings. The predicted molar refractivity (Wildman–Crippen MR) is 104 cm³/mol. The highest BCUT2D eigenvalue weighted by Gasteiger charge is 2.15. The lowest BCUT2D eigenvalue weighted by molar-refractivity contribution is -0.120. The molecule has 6 heteroatoms. The molecule has 1 aliphatic carbocycles. The van der Waals surface area contributed by atoms with Crippen molar-refractivity contribution in [1.29, 1.82) is 0 Å². The van der Waals surface area contributed by atoms with Crippen molar-refractivity contribution in [2.45, 2.75) is 44.9 Å². The van der Waals surface area contributed by atoms with E-state index in [1.165, 1.54) is 43.4 Å². The first-order chi connectivity index (χ1) is 12.7. The molecule has 2 amide bonds. The third kappa shape index (κ3) is 5.95. The number of thiazole rings is 1. The molecule has 1 aromatic carbocycles. The van der Waals surface area contributed by atoms with Crippen LogP contribution in [0.25, 0.3) is 0 Å². The van der Waals surface area contributed by atoms with Crippen LogP contribution in [0, 0.1) is 5.92 Å². The SMILES string of the molecule is O=C(Cc1csc(NC(=O)Cc2ccccc2)n1)NCC1CCCCC1. The molecule has 0 bridgehead atoms. The van der Waals surface area contributed by atoms with Gasteiger partial charge in [0.2, 0.25) is 11.8 Å². The van der Waals surface area contributed by atoms with E-state index < -0.39 is 0 Å². The molecule has 1 aromatic heterocycles. The zero-order valence-electron chi connectivity index (χ0n) is 14.9. The molecule has 0 unspecified atom stereocenters. The van der Waals surface area contributed by atoms with Crippen molar-refractivity contribution in [3.05, 3.63) is 47.0 Å². The van der Waals surface area contributed by atoms with E-state index in [9.17, 15) is 9.59 Å². The highest BCUT2D eigenvalue weighted by atomic mass is 32.1. The van der Waals surface area contributed by atoms with Gasteiger partial charge in [-0.05, 0) is 24.3 Å². The maximum Gasteiger partial charge on any atom is 0.230 e. The molecule has 1 saturated carbocycles. The van der Waals surface area contributed by atoms with Crippen molar-refractivity contribution in [2.75, 3.05) is 11.9 Å². The molecular weight excluding hydrogens is 346 g/mol. The number of hydrogen-bond acceptors (Lipinski definition) is 4. The van der Waals surface area contributed by atoms with Gasteiger partial charge in [-0.3, -0.25) is 9.59 Å². The van der Waals surface area contributed by atoms with E-state index in [-0.39, 0.29) is 18.2 Å². The fraction of sp³-hybridized carbons (Fsp3) is 0.450. The average molecular weight is 372 g/mol. The quantitative estimate of drug-likeness (QED) is 0.782. The number of rotatable bonds is 7. The monoisotopic (exact) mass is 371 g/mol. The molecule has 1 heterocycles. The molecule has 0 saturated heterocycles. The minimum atomic E-state index is -0.0983. The van der Waals surface area contributed by atoms with Gasteiger partial charge in [-0.1, -0.05) is 49.6 Å². The zero-order chi connectivity index (χ0) is 18.2. The first-order valence-electron chi connectivity index (χ1n) is 9.24. The number of nitrogens with one attached hydrogen (secondary N) is 2. The lowest BCUT2D eigenvalue weighted by Crippen LogP contribution is -2.31. The van der Waals surface area contributed by atoms with E-state index in [0.29, 0.717) is 23.2 Å². The summed E-state index contributed by atoms with van der Waals surface area (Å²) in [5.41, 5.74) is 1.66. The van der Waals surface area contributed by atoms with Crippen LogP contribution >= 0.6 is 11.3 Å². The maximum absolute atomic E-state index is 12.1. The molecule has 0 aliphatic heterocycles. The number of anilines is 1. The summed E-state index contributed by atoms with van der Waals surface area (Å²) in [4.78, 5) is 28.5. The number of benzene rings is 1. The van der Waals surface area contributed by atoms with Crippen LogP contribution in [0.15, 0.2) is 35.7 Å². The van der Waals surface area contributed by atoms with Gasteiger partial charge in [0, 0.05) is 11.9 Å². The van der Waals surface area contributed by atoms with E-state index >= 15 is 0 Å². The number of amides is 2. The number of carbonyl (C=O) groups is 2. The summed E-state index contributed by atoms with van der Waals surface area (Å²) in [5.74, 6) is 0.526. The summed E-state index contributed by atoms with van der Waals surface area (Å²) >= 11 is 1.35. The Morgan fingerprint density at radius 2 is 1.81 bits per heavy atom. The minimum Gasteiger partial charge on any atom is -0.355 e. The van der Waals surface area contributed by atoms with Crippen LogP contribution in [0.2, 0.25) is 0 Å². The van der Waals surface area contributed by atoms with Crippen LogP contribution in [-0.4, -0.2) is 23.3 Å². The van der Waals surface area contributed by atoms with Crippen molar-refractivity contribution in [1.82, 2.24) is 10.3 Å². The first-order valence-corrected chi connectivity index (χ1v) is 10.1. The van der Waals surface area contributed by atoms with E-state index in [1.54, 1.807) is 0 Å². The van der Waals surface area contributed by atoms with Gasteiger partial charge in [-0.15, -0.1) is 11.3 Å². The van der Waals surface area contributed by atoms with Gasteiger partial charge in [0.15, 0.2) is 5.13 Å². The Morgan fingerprint density at radius 3 is 2.58 bits per heavy atom. The third-order valence-electron chi connectivity index (χ3n) is 4.66.